The molecule has 0 aliphatic rings. The number of carboxylic acid groups (broad SMARTS) is 1. The lowest BCUT2D eigenvalue weighted by atomic mass is 10.0. The summed E-state index contributed by atoms with van der Waals surface area (Å²) < 4.78 is 108. The van der Waals surface area contributed by atoms with Crippen molar-refractivity contribution >= 4 is 112 Å². The zero-order valence-electron chi connectivity index (χ0n) is 44.7. The quantitative estimate of drug-likeness (QED) is 0.0520. The number of nitrogens with zero attached hydrogens (tertiary/aromatic N) is 10. The molecule has 0 fully saturated rings. The van der Waals surface area contributed by atoms with Crippen molar-refractivity contribution in [2.45, 2.75) is 17.7 Å². The third-order valence-electron chi connectivity index (χ3n) is 12.3. The number of alkyl halides is 3. The number of anilines is 11. The van der Waals surface area contributed by atoms with Crippen LogP contribution in [0.1, 0.15) is 11.1 Å². The molecule has 8 N–H and O–H groups in total. The Labute approximate surface area is 472 Å². The summed E-state index contributed by atoms with van der Waals surface area (Å²) in [7, 11) is 0.831. The number of imidazole rings is 2. The Kier molecular flexibility index (Phi) is 17.5. The molecule has 21 nitrogen and oxygen atoms in total. The van der Waals surface area contributed by atoms with Gasteiger partial charge in [-0.2, -0.15) is 23.1 Å². The standard InChI is InChI=1S/C27H26FN7O2S.C26H25FN8O2S.C2HF3O2/c1-34(23-14-15-30-27(32-23)31-20-10-4-17(5-11-20)16-38(3,36)37)21-12-13-22-25(33-26(29)35(22)2)24(21)18-6-8-19(28)9-7-18;1-34(24-13-14-29-25(33-24)30-19-7-3-17(4-8-19)16-38(28,36)37)21-11-12-23-22(15-21)32-26(35(23)2)31-20-9-5-18(27)6-10-20;3-2(4,5)1(6)7/h4-15H,16H2,1-3H3,(H2,29,33)(H,30,31,32);3-15H,16H2,1-2H3,(H,31,32)(H2,28,36,37)(H,29,30,33);(H,6,7). The maximum atomic E-state index is 13.7. The van der Waals surface area contributed by atoms with Crippen molar-refractivity contribution in [3.05, 3.63) is 175 Å². The molecule has 0 unspecified atom stereocenters. The molecule has 4 aromatic heterocycles. The number of sulfone groups is 1. The second-order valence-corrected chi connectivity index (χ2v) is 22.3. The SMILES string of the molecule is CN(c1ccc2c(c1)nc(Nc1ccc(F)cc1)n2C)c1ccnc(Nc2ccc(CS(N)(=O)=O)cc2)n1.CN(c1ccnc(Nc2ccc(CS(C)(=O)=O)cc2)n1)c1ccc2c(nc(N)n2C)c1-c1ccc(F)cc1.O=C(O)C(F)(F)F. The molecule has 4 heterocycles. The predicted molar refractivity (Wildman–Crippen MR) is 310 cm³/mol. The predicted octanol–water partition coefficient (Wildman–Crippen LogP) is 9.99. The monoisotopic (exact) mass is 1180 g/mol. The fourth-order valence-electron chi connectivity index (χ4n) is 8.23. The lowest BCUT2D eigenvalue weighted by Gasteiger charge is -2.22. The molecule has 6 aromatic carbocycles. The molecule has 0 saturated carbocycles. The van der Waals surface area contributed by atoms with Crippen molar-refractivity contribution in [1.82, 2.24) is 39.0 Å². The maximum absolute atomic E-state index is 13.7. The van der Waals surface area contributed by atoms with E-state index in [1.165, 1.54) is 30.5 Å². The van der Waals surface area contributed by atoms with E-state index in [1.807, 2.05) is 72.9 Å². The van der Waals surface area contributed by atoms with Crippen molar-refractivity contribution in [2.75, 3.05) is 51.8 Å². The van der Waals surface area contributed by atoms with Crippen LogP contribution in [0.2, 0.25) is 0 Å². The van der Waals surface area contributed by atoms with E-state index >= 15 is 0 Å². The van der Waals surface area contributed by atoms with E-state index in [4.69, 9.17) is 25.8 Å². The van der Waals surface area contributed by atoms with E-state index in [9.17, 15) is 38.8 Å². The van der Waals surface area contributed by atoms with Crippen LogP contribution in [0.5, 0.6) is 0 Å². The number of halogens is 5. The van der Waals surface area contributed by atoms with E-state index in [1.54, 1.807) is 102 Å². The maximum Gasteiger partial charge on any atom is 0.490 e. The third-order valence-corrected chi connectivity index (χ3v) is 13.9. The van der Waals surface area contributed by atoms with Gasteiger partial charge in [-0.1, -0.05) is 36.4 Å². The summed E-state index contributed by atoms with van der Waals surface area (Å²) in [4.78, 5) is 39.9. The van der Waals surface area contributed by atoms with Crippen LogP contribution in [0, 0.1) is 11.6 Å². The van der Waals surface area contributed by atoms with Gasteiger partial charge >= 0.3 is 12.1 Å². The number of aromatic nitrogens is 8. The summed E-state index contributed by atoms with van der Waals surface area (Å²) in [5.74, 6) is -0.587. The molecule has 28 heteroatoms. The molecular formula is C55H52F5N15O6S2. The van der Waals surface area contributed by atoms with Crippen molar-refractivity contribution < 1.29 is 48.7 Å². The van der Waals surface area contributed by atoms with Crippen LogP contribution in [0.25, 0.3) is 33.2 Å². The summed E-state index contributed by atoms with van der Waals surface area (Å²) in [6.45, 7) is 0. The van der Waals surface area contributed by atoms with Crippen molar-refractivity contribution in [1.29, 1.82) is 0 Å². The van der Waals surface area contributed by atoms with Gasteiger partial charge in [-0.3, -0.25) is 0 Å². The molecule has 430 valence electrons. The number of fused-ring (bicyclic) bond motifs is 2. The number of carbonyl (C=O) groups is 1. The average molecular weight is 1180 g/mol. The number of nitrogens with one attached hydrogen (secondary N) is 3. The number of hydrogen-bond donors (Lipinski definition) is 6. The fourth-order valence-corrected chi connectivity index (χ4v) is 9.68. The van der Waals surface area contributed by atoms with Gasteiger partial charge < -0.3 is 45.7 Å². The summed E-state index contributed by atoms with van der Waals surface area (Å²) in [6.07, 6.45) is -0.578. The van der Waals surface area contributed by atoms with E-state index in [0.717, 1.165) is 50.4 Å². The van der Waals surface area contributed by atoms with E-state index in [2.05, 4.69) is 40.9 Å². The van der Waals surface area contributed by atoms with Crippen LogP contribution in [0.3, 0.4) is 0 Å². The summed E-state index contributed by atoms with van der Waals surface area (Å²) in [5, 5.41) is 21.7. The Hall–Kier alpha value is -9.80. The molecule has 0 spiro atoms. The van der Waals surface area contributed by atoms with Gasteiger partial charge in [0.1, 0.15) is 28.8 Å². The number of sulfonamides is 1. The van der Waals surface area contributed by atoms with Gasteiger partial charge in [-0.05, 0) is 120 Å². The second kappa shape index (κ2) is 24.5. The summed E-state index contributed by atoms with van der Waals surface area (Å²) in [6, 6.07) is 39.7. The van der Waals surface area contributed by atoms with Crippen molar-refractivity contribution in [2.24, 2.45) is 19.2 Å². The molecule has 0 amide bonds. The number of primary sulfonamides is 1. The van der Waals surface area contributed by atoms with Crippen LogP contribution in [-0.2, 0) is 50.3 Å². The van der Waals surface area contributed by atoms with E-state index in [0.29, 0.717) is 57.8 Å². The Balaban J connectivity index is 0.000000195. The number of carboxylic acids is 1. The normalized spacial score (nSPS) is 11.5. The molecular weight excluding hydrogens is 1130 g/mol. The number of hydrogen-bond acceptors (Lipinski definition) is 17. The van der Waals surface area contributed by atoms with Gasteiger partial charge in [0.05, 0.1) is 33.7 Å². The zero-order valence-corrected chi connectivity index (χ0v) is 46.3. The minimum absolute atomic E-state index is 0.0211. The molecule has 0 radical (unpaired) electrons. The highest BCUT2D eigenvalue weighted by Crippen LogP contribution is 2.40. The van der Waals surface area contributed by atoms with Gasteiger partial charge in [0, 0.05) is 75.2 Å². The molecule has 0 aliphatic heterocycles. The first kappa shape index (κ1) is 59.3. The van der Waals surface area contributed by atoms with Gasteiger partial charge in [0.2, 0.25) is 33.8 Å². The number of nitrogen functional groups attached to an aromatic ring is 1. The third kappa shape index (κ3) is 15.4. The molecule has 0 aliphatic carbocycles. The molecule has 0 bridgehead atoms. The Morgan fingerprint density at radius 1 is 0.627 bits per heavy atom. The Morgan fingerprint density at radius 2 is 1.11 bits per heavy atom. The van der Waals surface area contributed by atoms with Gasteiger partial charge in [-0.15, -0.1) is 0 Å². The number of benzene rings is 6. The average Bonchev–Trinajstić information content (AvgIpc) is 3.35. The second-order valence-electron chi connectivity index (χ2n) is 18.6. The molecule has 0 atom stereocenters. The van der Waals surface area contributed by atoms with Gasteiger partial charge in [0.15, 0.2) is 9.84 Å². The molecule has 10 aromatic rings. The zero-order chi connectivity index (χ0) is 60.0. The number of aliphatic carboxylic acids is 1. The topological polar surface area (TPSA) is 287 Å². The first-order valence-corrected chi connectivity index (χ1v) is 28.3. The van der Waals surface area contributed by atoms with Crippen molar-refractivity contribution in [3.63, 3.8) is 0 Å². The summed E-state index contributed by atoms with van der Waals surface area (Å²) in [5.41, 5.74) is 16.1. The lowest BCUT2D eigenvalue weighted by molar-refractivity contribution is -0.192. The first-order chi connectivity index (χ1) is 39.2. The Bertz CT molecular complexity index is 4190. The number of nitrogens with two attached hydrogens (primary N) is 2. The molecule has 10 rings (SSSR count). The highest BCUT2D eigenvalue weighted by molar-refractivity contribution is 7.89. The number of aryl methyl sites for hydroxylation is 2. The van der Waals surface area contributed by atoms with E-state index in [-0.39, 0.29) is 23.1 Å². The number of rotatable bonds is 15. The van der Waals surface area contributed by atoms with Gasteiger partial charge in [0.25, 0.3) is 0 Å². The van der Waals surface area contributed by atoms with Crippen LogP contribution in [0.4, 0.5) is 85.8 Å². The highest BCUT2D eigenvalue weighted by Gasteiger charge is 2.38. The van der Waals surface area contributed by atoms with Crippen molar-refractivity contribution in [3.8, 4) is 11.1 Å². The van der Waals surface area contributed by atoms with E-state index < -0.39 is 32.0 Å². The van der Waals surface area contributed by atoms with Crippen LogP contribution >= 0.6 is 0 Å². The van der Waals surface area contributed by atoms with Gasteiger partial charge in [-0.25, -0.2) is 55.5 Å². The van der Waals surface area contributed by atoms with Crippen LogP contribution < -0.4 is 36.6 Å². The molecule has 0 saturated heterocycles. The van der Waals surface area contributed by atoms with Crippen LogP contribution in [-0.4, -0.2) is 93.5 Å². The Morgan fingerprint density at radius 3 is 1.63 bits per heavy atom. The molecule has 83 heavy (non-hydrogen) atoms. The highest BCUT2D eigenvalue weighted by atomic mass is 32.2. The van der Waals surface area contributed by atoms with Crippen LogP contribution in [0.15, 0.2) is 152 Å². The fraction of sp³-hybridized carbons (Fsp3) is 0.145. The smallest absolute Gasteiger partial charge is 0.475 e. The first-order valence-electron chi connectivity index (χ1n) is 24.5. The largest absolute Gasteiger partial charge is 0.490 e. The minimum atomic E-state index is -5.08. The summed E-state index contributed by atoms with van der Waals surface area (Å²) >= 11 is 0. The lowest BCUT2D eigenvalue weighted by Crippen LogP contribution is -2.21. The minimum Gasteiger partial charge on any atom is -0.475 e.